The topological polar surface area (TPSA) is 116 Å². The molecule has 4 rings (SSSR count). The van der Waals surface area contributed by atoms with E-state index in [1.54, 1.807) is 13.8 Å². The molecule has 0 saturated carbocycles. The summed E-state index contributed by atoms with van der Waals surface area (Å²) in [6.45, 7) is 6.96. The summed E-state index contributed by atoms with van der Waals surface area (Å²) in [6.07, 6.45) is 1.73. The SMILES string of the molecule is Cc1ccc2cc(C(C)C(=O)OCC(=O)O)ccc2c1.Cc1ccc2cc(C(C)C(=O)OCC(=O)OCCCCBr)ccc2c1. The van der Waals surface area contributed by atoms with E-state index in [-0.39, 0.29) is 6.61 Å². The number of aryl methyl sites for hydroxylation is 2. The maximum Gasteiger partial charge on any atom is 0.344 e. The molecular formula is C36H39BrO8. The number of unbranched alkanes of at least 4 members (excludes halogenated alkanes) is 1. The van der Waals surface area contributed by atoms with Crippen LogP contribution in [0, 0.1) is 13.8 Å². The molecule has 2 unspecified atom stereocenters. The van der Waals surface area contributed by atoms with E-state index in [1.807, 2.05) is 74.5 Å². The lowest BCUT2D eigenvalue weighted by Gasteiger charge is -2.12. The van der Waals surface area contributed by atoms with Gasteiger partial charge in [-0.1, -0.05) is 99.9 Å². The van der Waals surface area contributed by atoms with E-state index in [4.69, 9.17) is 19.3 Å². The molecule has 0 saturated heterocycles. The van der Waals surface area contributed by atoms with Crippen LogP contribution in [0.25, 0.3) is 21.5 Å². The van der Waals surface area contributed by atoms with Crippen molar-refractivity contribution in [1.29, 1.82) is 0 Å². The molecule has 1 N–H and O–H groups in total. The highest BCUT2D eigenvalue weighted by Gasteiger charge is 2.19. The van der Waals surface area contributed by atoms with Crippen LogP contribution in [0.4, 0.5) is 0 Å². The van der Waals surface area contributed by atoms with Gasteiger partial charge in [-0.15, -0.1) is 0 Å². The van der Waals surface area contributed by atoms with Crippen LogP contribution in [0.5, 0.6) is 0 Å². The van der Waals surface area contributed by atoms with Crippen molar-refractivity contribution in [2.24, 2.45) is 0 Å². The highest BCUT2D eigenvalue weighted by molar-refractivity contribution is 9.09. The third-order valence-electron chi connectivity index (χ3n) is 7.21. The number of esters is 3. The molecular weight excluding hydrogens is 640 g/mol. The quantitative estimate of drug-likeness (QED) is 0.0714. The van der Waals surface area contributed by atoms with Gasteiger partial charge in [-0.05, 0) is 73.2 Å². The number of benzene rings is 4. The van der Waals surface area contributed by atoms with Crippen LogP contribution in [0.2, 0.25) is 0 Å². The van der Waals surface area contributed by atoms with Gasteiger partial charge in [0, 0.05) is 5.33 Å². The van der Waals surface area contributed by atoms with Gasteiger partial charge in [0.05, 0.1) is 18.4 Å². The third kappa shape index (κ3) is 11.0. The van der Waals surface area contributed by atoms with Crippen molar-refractivity contribution in [3.05, 3.63) is 95.1 Å². The second-order valence-corrected chi connectivity index (χ2v) is 11.7. The molecule has 238 valence electrons. The van der Waals surface area contributed by atoms with Crippen LogP contribution in [-0.4, -0.2) is 54.1 Å². The number of fused-ring (bicyclic) bond motifs is 2. The van der Waals surface area contributed by atoms with Crippen LogP contribution in [0.3, 0.4) is 0 Å². The van der Waals surface area contributed by atoms with E-state index in [2.05, 4.69) is 28.1 Å². The summed E-state index contributed by atoms with van der Waals surface area (Å²) in [6, 6.07) is 23.9. The van der Waals surface area contributed by atoms with Crippen molar-refractivity contribution in [2.45, 2.75) is 52.4 Å². The van der Waals surface area contributed by atoms with Crippen LogP contribution in [0.1, 0.15) is 60.8 Å². The number of rotatable bonds is 12. The Labute approximate surface area is 271 Å². The zero-order chi connectivity index (χ0) is 32.9. The molecule has 4 aromatic carbocycles. The molecule has 0 heterocycles. The van der Waals surface area contributed by atoms with Crippen molar-refractivity contribution in [3.8, 4) is 0 Å². The average molecular weight is 680 g/mol. The number of alkyl halides is 1. The van der Waals surface area contributed by atoms with Crippen LogP contribution >= 0.6 is 15.9 Å². The summed E-state index contributed by atoms with van der Waals surface area (Å²) < 4.78 is 14.8. The van der Waals surface area contributed by atoms with Crippen molar-refractivity contribution >= 4 is 61.4 Å². The zero-order valence-electron chi connectivity index (χ0n) is 26.0. The first-order valence-electron chi connectivity index (χ1n) is 14.8. The number of ether oxygens (including phenoxy) is 3. The van der Waals surface area contributed by atoms with Gasteiger partial charge >= 0.3 is 23.9 Å². The Morgan fingerprint density at radius 3 is 1.56 bits per heavy atom. The monoisotopic (exact) mass is 678 g/mol. The molecule has 0 amide bonds. The molecule has 0 fully saturated rings. The van der Waals surface area contributed by atoms with E-state index in [9.17, 15) is 19.2 Å². The number of halogens is 1. The predicted molar refractivity (Wildman–Crippen MR) is 178 cm³/mol. The lowest BCUT2D eigenvalue weighted by molar-refractivity contribution is -0.159. The fourth-order valence-electron chi connectivity index (χ4n) is 4.52. The van der Waals surface area contributed by atoms with Gasteiger partial charge in [0.2, 0.25) is 0 Å². The highest BCUT2D eigenvalue weighted by Crippen LogP contribution is 2.25. The number of hydrogen-bond donors (Lipinski definition) is 1. The Hall–Kier alpha value is -4.24. The minimum Gasteiger partial charge on any atom is -0.479 e. The molecule has 0 radical (unpaired) electrons. The lowest BCUT2D eigenvalue weighted by Crippen LogP contribution is -2.20. The maximum atomic E-state index is 12.2. The second kappa shape index (κ2) is 17.3. The summed E-state index contributed by atoms with van der Waals surface area (Å²) in [5.74, 6) is -3.54. The van der Waals surface area contributed by atoms with Crippen molar-refractivity contribution in [3.63, 3.8) is 0 Å². The number of carbonyl (C=O) groups is 4. The van der Waals surface area contributed by atoms with Gasteiger partial charge in [-0.25, -0.2) is 9.59 Å². The standard InChI is InChI=1S/C20H23BrO4.C16H16O4/c1-14-5-6-18-12-16(7-8-17(18)11-14)15(2)20(23)25-13-19(22)24-10-4-3-9-21;1-10-3-4-14-8-12(5-6-13(14)7-10)11(2)16(19)20-9-15(17)18/h5-8,11-12,15H,3-4,9-10,13H2,1-2H3;3-8,11H,9H2,1-2H3,(H,17,18). The van der Waals surface area contributed by atoms with Crippen LogP contribution < -0.4 is 0 Å². The molecule has 0 aliphatic rings. The normalized spacial score (nSPS) is 12.0. The summed E-state index contributed by atoms with van der Waals surface area (Å²) in [7, 11) is 0. The molecule has 2 atom stereocenters. The first-order valence-corrected chi connectivity index (χ1v) is 15.9. The number of hydrogen-bond acceptors (Lipinski definition) is 7. The number of carboxylic acids is 1. The Morgan fingerprint density at radius 2 is 1.09 bits per heavy atom. The Balaban J connectivity index is 0.000000251. The van der Waals surface area contributed by atoms with E-state index in [0.29, 0.717) is 6.61 Å². The number of carbonyl (C=O) groups excluding carboxylic acids is 3. The molecule has 0 bridgehead atoms. The molecule has 0 aliphatic heterocycles. The molecule has 9 heteroatoms. The second-order valence-electron chi connectivity index (χ2n) is 10.9. The van der Waals surface area contributed by atoms with Crippen molar-refractivity contribution in [2.75, 3.05) is 25.2 Å². The molecule has 8 nitrogen and oxygen atoms in total. The van der Waals surface area contributed by atoms with Crippen molar-refractivity contribution < 1.29 is 38.5 Å². The Kier molecular flexibility index (Phi) is 13.5. The Bertz CT molecular complexity index is 1650. The van der Waals surface area contributed by atoms with Crippen LogP contribution in [-0.2, 0) is 33.4 Å². The van der Waals surface area contributed by atoms with Gasteiger partial charge in [0.1, 0.15) is 0 Å². The fourth-order valence-corrected chi connectivity index (χ4v) is 4.91. The molecule has 0 aromatic heterocycles. The summed E-state index contributed by atoms with van der Waals surface area (Å²) >= 11 is 3.31. The van der Waals surface area contributed by atoms with Gasteiger partial charge < -0.3 is 19.3 Å². The van der Waals surface area contributed by atoms with E-state index >= 15 is 0 Å². The minimum atomic E-state index is -1.15. The van der Waals surface area contributed by atoms with Gasteiger partial charge in [-0.3, -0.25) is 9.59 Å². The smallest absolute Gasteiger partial charge is 0.344 e. The predicted octanol–water partition coefficient (Wildman–Crippen LogP) is 7.39. The zero-order valence-corrected chi connectivity index (χ0v) is 27.6. The van der Waals surface area contributed by atoms with E-state index < -0.39 is 42.3 Å². The average Bonchev–Trinajstić information content (AvgIpc) is 3.03. The number of carboxylic acid groups (broad SMARTS) is 1. The van der Waals surface area contributed by atoms with Gasteiger partial charge in [0.15, 0.2) is 13.2 Å². The summed E-state index contributed by atoms with van der Waals surface area (Å²) in [4.78, 5) is 45.9. The first-order chi connectivity index (χ1) is 21.5. The van der Waals surface area contributed by atoms with Crippen molar-refractivity contribution in [1.82, 2.24) is 0 Å². The fraction of sp³-hybridized carbons (Fsp3) is 0.333. The molecule has 0 spiro atoms. The maximum absolute atomic E-state index is 12.2. The molecule has 4 aromatic rings. The number of aliphatic carboxylic acids is 1. The highest BCUT2D eigenvalue weighted by atomic mass is 79.9. The summed E-state index contributed by atoms with van der Waals surface area (Å²) in [5.41, 5.74) is 4.06. The van der Waals surface area contributed by atoms with Gasteiger partial charge in [-0.2, -0.15) is 0 Å². The molecule has 0 aliphatic carbocycles. The van der Waals surface area contributed by atoms with E-state index in [1.165, 1.54) is 11.1 Å². The Morgan fingerprint density at radius 1 is 0.644 bits per heavy atom. The summed E-state index contributed by atoms with van der Waals surface area (Å²) in [5, 5.41) is 13.8. The van der Waals surface area contributed by atoms with Gasteiger partial charge in [0.25, 0.3) is 0 Å². The lowest BCUT2D eigenvalue weighted by atomic mass is 9.97. The van der Waals surface area contributed by atoms with E-state index in [0.717, 1.165) is 50.8 Å². The molecule has 45 heavy (non-hydrogen) atoms. The van der Waals surface area contributed by atoms with Crippen LogP contribution in [0.15, 0.2) is 72.8 Å². The first kappa shape index (κ1) is 35.2. The third-order valence-corrected chi connectivity index (χ3v) is 7.77. The largest absolute Gasteiger partial charge is 0.479 e. The minimum absolute atomic E-state index is 0.343.